The van der Waals surface area contributed by atoms with Gasteiger partial charge in [0.15, 0.2) is 0 Å². The van der Waals surface area contributed by atoms with Gasteiger partial charge in [0.25, 0.3) is 0 Å². The summed E-state index contributed by atoms with van der Waals surface area (Å²) in [5.41, 5.74) is 1.12. The van der Waals surface area contributed by atoms with Gasteiger partial charge in [-0.05, 0) is 5.56 Å². The van der Waals surface area contributed by atoms with Crippen molar-refractivity contribution in [3.8, 4) is 0 Å². The Morgan fingerprint density at radius 1 is 1.32 bits per heavy atom. The first-order valence-electron chi connectivity index (χ1n) is 6.53. The molecule has 1 aliphatic heterocycles. The van der Waals surface area contributed by atoms with Crippen LogP contribution in [0.3, 0.4) is 0 Å². The Morgan fingerprint density at radius 2 is 2.05 bits per heavy atom. The molecule has 1 aromatic carbocycles. The third kappa shape index (κ3) is 4.65. The Morgan fingerprint density at radius 3 is 2.68 bits per heavy atom. The van der Waals surface area contributed by atoms with Gasteiger partial charge in [0, 0.05) is 5.41 Å². The highest BCUT2D eigenvalue weighted by molar-refractivity contribution is 5.69. The summed E-state index contributed by atoms with van der Waals surface area (Å²) >= 11 is 0. The van der Waals surface area contributed by atoms with Gasteiger partial charge in [-0.15, -0.1) is 0 Å². The van der Waals surface area contributed by atoms with E-state index in [0.717, 1.165) is 5.56 Å². The van der Waals surface area contributed by atoms with Crippen LogP contribution in [0.5, 0.6) is 0 Å². The molecule has 0 aromatic heterocycles. The summed E-state index contributed by atoms with van der Waals surface area (Å²) in [4.78, 5) is 11.5. The molecular weight excluding hydrogens is 244 g/mol. The minimum absolute atomic E-state index is 0.0144. The number of esters is 1. The molecule has 1 heterocycles. The lowest BCUT2D eigenvalue weighted by atomic mass is 9.90. The lowest BCUT2D eigenvalue weighted by Crippen LogP contribution is -2.44. The van der Waals surface area contributed by atoms with Gasteiger partial charge in [-0.2, -0.15) is 0 Å². The van der Waals surface area contributed by atoms with Crippen LogP contribution < -0.4 is 0 Å². The van der Waals surface area contributed by atoms with Crippen molar-refractivity contribution in [3.05, 3.63) is 35.9 Å². The highest BCUT2D eigenvalue weighted by Crippen LogP contribution is 2.26. The molecule has 1 aliphatic rings. The van der Waals surface area contributed by atoms with Gasteiger partial charge in [-0.1, -0.05) is 37.3 Å². The molecule has 0 aliphatic carbocycles. The van der Waals surface area contributed by atoms with E-state index in [9.17, 15) is 4.79 Å². The first kappa shape index (κ1) is 14.0. The summed E-state index contributed by atoms with van der Waals surface area (Å²) in [6.07, 6.45) is 0.295. The van der Waals surface area contributed by atoms with Gasteiger partial charge in [-0.3, -0.25) is 4.79 Å². The smallest absolute Gasteiger partial charge is 0.308 e. The van der Waals surface area contributed by atoms with Crippen LogP contribution in [0.4, 0.5) is 0 Å². The molecule has 0 spiro atoms. The van der Waals surface area contributed by atoms with E-state index in [0.29, 0.717) is 39.5 Å². The third-order valence-corrected chi connectivity index (χ3v) is 3.04. The van der Waals surface area contributed by atoms with Crippen molar-refractivity contribution in [1.82, 2.24) is 0 Å². The predicted octanol–water partition coefficient (Wildman–Crippen LogP) is 2.17. The average Bonchev–Trinajstić information content (AvgIpc) is 2.40. The molecule has 1 aromatic rings. The van der Waals surface area contributed by atoms with Gasteiger partial charge in [0.05, 0.1) is 32.8 Å². The van der Waals surface area contributed by atoms with E-state index in [1.807, 2.05) is 30.3 Å². The number of carbonyl (C=O) groups excluding carboxylic acids is 1. The van der Waals surface area contributed by atoms with Crippen LogP contribution in [0.25, 0.3) is 0 Å². The number of benzene rings is 1. The van der Waals surface area contributed by atoms with Gasteiger partial charge < -0.3 is 14.2 Å². The molecule has 104 valence electrons. The van der Waals surface area contributed by atoms with E-state index < -0.39 is 0 Å². The summed E-state index contributed by atoms with van der Waals surface area (Å²) in [5.74, 6) is -0.207. The molecule has 4 nitrogen and oxygen atoms in total. The molecule has 0 bridgehead atoms. The molecule has 0 unspecified atom stereocenters. The van der Waals surface area contributed by atoms with E-state index in [1.54, 1.807) is 0 Å². The van der Waals surface area contributed by atoms with Gasteiger partial charge in [0.1, 0.15) is 6.61 Å². The lowest BCUT2D eigenvalue weighted by molar-refractivity contribution is -0.166. The molecule has 0 N–H and O–H groups in total. The zero-order valence-electron chi connectivity index (χ0n) is 11.3. The van der Waals surface area contributed by atoms with Crippen molar-refractivity contribution in [2.75, 3.05) is 26.4 Å². The van der Waals surface area contributed by atoms with Crippen LogP contribution in [-0.4, -0.2) is 32.4 Å². The molecule has 19 heavy (non-hydrogen) atoms. The maximum Gasteiger partial charge on any atom is 0.308 e. The minimum Gasteiger partial charge on any atom is -0.465 e. The second-order valence-corrected chi connectivity index (χ2v) is 5.25. The predicted molar refractivity (Wildman–Crippen MR) is 70.6 cm³/mol. The Balaban J connectivity index is 1.54. The zero-order chi connectivity index (χ0) is 13.6. The Bertz CT molecular complexity index is 398. The monoisotopic (exact) mass is 264 g/mol. The summed E-state index contributed by atoms with van der Waals surface area (Å²) < 4.78 is 15.7. The SMILES string of the molecule is CC1(COC(=O)CCOCc2ccccc2)COC1. The summed E-state index contributed by atoms with van der Waals surface area (Å²) in [7, 11) is 0. The van der Waals surface area contributed by atoms with Crippen molar-refractivity contribution in [1.29, 1.82) is 0 Å². The number of carbonyl (C=O) groups is 1. The fourth-order valence-corrected chi connectivity index (χ4v) is 1.78. The highest BCUT2D eigenvalue weighted by Gasteiger charge is 2.34. The van der Waals surface area contributed by atoms with Crippen LogP contribution in [0, 0.1) is 5.41 Å². The Hall–Kier alpha value is -1.39. The van der Waals surface area contributed by atoms with Crippen LogP contribution in [0.15, 0.2) is 30.3 Å². The molecule has 4 heteroatoms. The van der Waals surface area contributed by atoms with Gasteiger partial charge in [0.2, 0.25) is 0 Å². The molecule has 0 amide bonds. The summed E-state index contributed by atoms with van der Waals surface area (Å²) in [5, 5.41) is 0. The van der Waals surface area contributed by atoms with Crippen molar-refractivity contribution in [3.63, 3.8) is 0 Å². The van der Waals surface area contributed by atoms with Crippen LogP contribution >= 0.6 is 0 Å². The topological polar surface area (TPSA) is 44.8 Å². The van der Waals surface area contributed by atoms with Gasteiger partial charge >= 0.3 is 5.97 Å². The van der Waals surface area contributed by atoms with Crippen molar-refractivity contribution < 1.29 is 19.0 Å². The number of rotatable bonds is 7. The second kappa shape index (κ2) is 6.68. The van der Waals surface area contributed by atoms with E-state index in [4.69, 9.17) is 14.2 Å². The summed E-state index contributed by atoms with van der Waals surface area (Å²) in [6, 6.07) is 9.89. The fraction of sp³-hybridized carbons (Fsp3) is 0.533. The maximum absolute atomic E-state index is 11.5. The normalized spacial score (nSPS) is 16.7. The molecule has 1 fully saturated rings. The zero-order valence-corrected chi connectivity index (χ0v) is 11.3. The number of hydrogen-bond donors (Lipinski definition) is 0. The molecule has 1 saturated heterocycles. The molecule has 0 saturated carbocycles. The van der Waals surface area contributed by atoms with E-state index in [1.165, 1.54) is 0 Å². The first-order chi connectivity index (χ1) is 9.18. The molecule has 0 atom stereocenters. The molecular formula is C15H20O4. The quantitative estimate of drug-likeness (QED) is 0.559. The summed E-state index contributed by atoms with van der Waals surface area (Å²) in [6.45, 7) is 4.75. The Kier molecular flexibility index (Phi) is 4.93. The van der Waals surface area contributed by atoms with Crippen LogP contribution in [0.1, 0.15) is 18.9 Å². The third-order valence-electron chi connectivity index (χ3n) is 3.04. The number of ether oxygens (including phenoxy) is 3. The average molecular weight is 264 g/mol. The fourth-order valence-electron chi connectivity index (χ4n) is 1.78. The van der Waals surface area contributed by atoms with Crippen LogP contribution in [0.2, 0.25) is 0 Å². The second-order valence-electron chi connectivity index (χ2n) is 5.25. The number of hydrogen-bond acceptors (Lipinski definition) is 4. The van der Waals surface area contributed by atoms with E-state index in [-0.39, 0.29) is 11.4 Å². The highest BCUT2D eigenvalue weighted by atomic mass is 16.5. The van der Waals surface area contributed by atoms with Crippen LogP contribution in [-0.2, 0) is 25.6 Å². The van der Waals surface area contributed by atoms with E-state index in [2.05, 4.69) is 6.92 Å². The Labute approximate surface area is 113 Å². The maximum atomic E-state index is 11.5. The van der Waals surface area contributed by atoms with Crippen molar-refractivity contribution >= 4 is 5.97 Å². The standard InChI is InChI=1S/C15H20O4/c1-15(10-18-11-15)12-19-14(16)7-8-17-9-13-5-3-2-4-6-13/h2-6H,7-12H2,1H3. The van der Waals surface area contributed by atoms with Crippen molar-refractivity contribution in [2.24, 2.45) is 5.41 Å². The first-order valence-corrected chi connectivity index (χ1v) is 6.53. The molecule has 0 radical (unpaired) electrons. The minimum atomic E-state index is -0.207. The molecule has 2 rings (SSSR count). The largest absolute Gasteiger partial charge is 0.465 e. The van der Waals surface area contributed by atoms with Gasteiger partial charge in [-0.25, -0.2) is 0 Å². The lowest BCUT2D eigenvalue weighted by Gasteiger charge is -2.37. The van der Waals surface area contributed by atoms with E-state index >= 15 is 0 Å². The van der Waals surface area contributed by atoms with Crippen molar-refractivity contribution in [2.45, 2.75) is 20.0 Å².